The van der Waals surface area contributed by atoms with Crippen molar-refractivity contribution in [1.29, 1.82) is 0 Å². The molecule has 2 aliphatic heterocycles. The molecule has 11 nitrogen and oxygen atoms in total. The third kappa shape index (κ3) is 7.83. The molecule has 4 atom stereocenters. The van der Waals surface area contributed by atoms with Gasteiger partial charge >= 0.3 is 0 Å². The lowest BCUT2D eigenvalue weighted by molar-refractivity contribution is -0.140. The Bertz CT molecular complexity index is 1290. The van der Waals surface area contributed by atoms with Crippen molar-refractivity contribution in [3.8, 4) is 5.75 Å². The van der Waals surface area contributed by atoms with Gasteiger partial charge in [0.25, 0.3) is 0 Å². The summed E-state index contributed by atoms with van der Waals surface area (Å²) in [6, 6.07) is 13.4. The number of hydrogen-bond acceptors (Lipinski definition) is 7. The van der Waals surface area contributed by atoms with Gasteiger partial charge in [0.15, 0.2) is 0 Å². The molecule has 2 aromatic carbocycles. The van der Waals surface area contributed by atoms with E-state index in [1.165, 1.54) is 4.90 Å². The predicted molar refractivity (Wildman–Crippen MR) is 161 cm³/mol. The van der Waals surface area contributed by atoms with Gasteiger partial charge in [-0.1, -0.05) is 54.7 Å². The molecule has 4 rings (SSSR count). The van der Waals surface area contributed by atoms with Gasteiger partial charge in [-0.2, -0.15) is 0 Å². The molecule has 4 amide bonds. The van der Waals surface area contributed by atoms with E-state index in [-0.39, 0.29) is 24.1 Å². The smallest absolute Gasteiger partial charge is 0.246 e. The Balaban J connectivity index is 1.47. The SMILES string of the molecule is NC(=O)CNC(=O)[C@@H]1CCCN1C(=O)[C@H](Cc1ccccc1)NC(=S)[C@@H]1CCCN1C(=O)[C@@H](N)Cc1ccc(O)cc1. The first-order valence-electron chi connectivity index (χ1n) is 14.2. The molecular formula is C30H38N6O5S. The summed E-state index contributed by atoms with van der Waals surface area (Å²) < 4.78 is 0. The van der Waals surface area contributed by atoms with Gasteiger partial charge in [-0.25, -0.2) is 0 Å². The zero-order valence-corrected chi connectivity index (χ0v) is 24.2. The van der Waals surface area contributed by atoms with Crippen molar-refractivity contribution in [1.82, 2.24) is 20.4 Å². The van der Waals surface area contributed by atoms with Crippen LogP contribution in [0.1, 0.15) is 36.8 Å². The third-order valence-corrected chi connectivity index (χ3v) is 8.11. The Morgan fingerprint density at radius 3 is 2.12 bits per heavy atom. The number of carbonyl (C=O) groups excluding carboxylic acids is 4. The van der Waals surface area contributed by atoms with Gasteiger partial charge in [0, 0.05) is 19.5 Å². The molecule has 224 valence electrons. The molecule has 0 unspecified atom stereocenters. The number of phenolic OH excluding ortho intramolecular Hbond substituents is 1. The Morgan fingerprint density at radius 2 is 1.48 bits per heavy atom. The summed E-state index contributed by atoms with van der Waals surface area (Å²) in [6.07, 6.45) is 3.14. The van der Waals surface area contributed by atoms with Crippen LogP contribution in [0.5, 0.6) is 5.75 Å². The minimum atomic E-state index is -0.788. The highest BCUT2D eigenvalue weighted by atomic mass is 32.1. The number of thiocarbonyl (C=S) groups is 1. The fraction of sp³-hybridized carbons (Fsp3) is 0.433. The number of benzene rings is 2. The second-order valence-electron chi connectivity index (χ2n) is 10.8. The summed E-state index contributed by atoms with van der Waals surface area (Å²) in [5.74, 6) is -1.45. The monoisotopic (exact) mass is 594 g/mol. The minimum absolute atomic E-state index is 0.140. The van der Waals surface area contributed by atoms with Crippen molar-refractivity contribution < 1.29 is 24.3 Å². The molecule has 42 heavy (non-hydrogen) atoms. The van der Waals surface area contributed by atoms with Crippen LogP contribution in [0.3, 0.4) is 0 Å². The average Bonchev–Trinajstić information content (AvgIpc) is 3.67. The molecule has 0 spiro atoms. The van der Waals surface area contributed by atoms with E-state index in [1.807, 2.05) is 30.3 Å². The molecule has 12 heteroatoms. The number of amides is 4. The first kappa shape index (κ1) is 30.9. The van der Waals surface area contributed by atoms with Gasteiger partial charge < -0.3 is 37.0 Å². The van der Waals surface area contributed by atoms with Crippen LogP contribution in [0.15, 0.2) is 54.6 Å². The van der Waals surface area contributed by atoms with E-state index in [0.717, 1.165) is 17.5 Å². The van der Waals surface area contributed by atoms with E-state index in [4.69, 9.17) is 23.7 Å². The zero-order chi connectivity index (χ0) is 30.2. The normalized spacial score (nSPS) is 19.6. The molecule has 0 saturated carbocycles. The van der Waals surface area contributed by atoms with Crippen LogP contribution in [0.2, 0.25) is 0 Å². The van der Waals surface area contributed by atoms with Crippen LogP contribution in [0.4, 0.5) is 0 Å². The van der Waals surface area contributed by atoms with Crippen molar-refractivity contribution in [2.75, 3.05) is 19.6 Å². The van der Waals surface area contributed by atoms with Gasteiger partial charge in [0.2, 0.25) is 23.6 Å². The number of primary amides is 1. The van der Waals surface area contributed by atoms with E-state index < -0.39 is 36.0 Å². The van der Waals surface area contributed by atoms with Gasteiger partial charge in [-0.05, 0) is 55.4 Å². The van der Waals surface area contributed by atoms with Crippen molar-refractivity contribution in [2.24, 2.45) is 11.5 Å². The second kappa shape index (κ2) is 14.2. The molecule has 0 radical (unpaired) electrons. The molecule has 2 aliphatic rings. The fourth-order valence-electron chi connectivity index (χ4n) is 5.60. The number of nitrogens with zero attached hydrogens (tertiary/aromatic N) is 2. The van der Waals surface area contributed by atoms with Crippen molar-refractivity contribution in [2.45, 2.75) is 62.7 Å². The summed E-state index contributed by atoms with van der Waals surface area (Å²) in [5, 5.41) is 15.3. The van der Waals surface area contributed by atoms with Crippen molar-refractivity contribution in [3.63, 3.8) is 0 Å². The topological polar surface area (TPSA) is 171 Å². The summed E-state index contributed by atoms with van der Waals surface area (Å²) >= 11 is 5.80. The van der Waals surface area contributed by atoms with Gasteiger partial charge in [-0.3, -0.25) is 19.2 Å². The number of aromatic hydroxyl groups is 1. The maximum atomic E-state index is 13.9. The Kier molecular flexibility index (Phi) is 10.5. The highest BCUT2D eigenvalue weighted by molar-refractivity contribution is 7.80. The number of rotatable bonds is 11. The van der Waals surface area contributed by atoms with Crippen LogP contribution in [-0.4, -0.2) is 87.3 Å². The maximum absolute atomic E-state index is 13.9. The zero-order valence-electron chi connectivity index (χ0n) is 23.4. The molecule has 0 bridgehead atoms. The standard InChI is InChI=1S/C30H38N6O5S/c31-22(16-20-10-12-21(37)13-11-20)29(40)36-15-5-9-25(36)28(42)34-23(17-19-6-2-1-3-7-19)30(41)35-14-4-8-24(35)27(39)33-18-26(32)38/h1-3,6-7,10-13,22-25,37H,4-5,8-9,14-18,31H2,(H2,32,38)(H,33,39)(H,34,42)/t22-,23-,24-,25-/m0/s1. The van der Waals surface area contributed by atoms with Crippen molar-refractivity contribution in [3.05, 3.63) is 65.7 Å². The third-order valence-electron chi connectivity index (χ3n) is 7.72. The number of hydrogen-bond donors (Lipinski definition) is 5. The van der Waals surface area contributed by atoms with Crippen LogP contribution in [0, 0.1) is 0 Å². The van der Waals surface area contributed by atoms with Crippen LogP contribution < -0.4 is 22.1 Å². The maximum Gasteiger partial charge on any atom is 0.246 e. The number of nitrogens with two attached hydrogens (primary N) is 2. The lowest BCUT2D eigenvalue weighted by atomic mass is 10.0. The fourth-order valence-corrected chi connectivity index (χ4v) is 5.99. The molecule has 2 aromatic rings. The van der Waals surface area contributed by atoms with E-state index in [1.54, 1.807) is 29.2 Å². The Labute approximate surface area is 250 Å². The summed E-state index contributed by atoms with van der Waals surface area (Å²) in [4.78, 5) is 54.8. The highest BCUT2D eigenvalue weighted by Crippen LogP contribution is 2.23. The first-order chi connectivity index (χ1) is 20.1. The van der Waals surface area contributed by atoms with Gasteiger partial charge in [0.1, 0.15) is 17.8 Å². The first-order valence-corrected chi connectivity index (χ1v) is 14.6. The molecule has 0 aliphatic carbocycles. The Hall–Kier alpha value is -4.03. The van der Waals surface area contributed by atoms with Crippen molar-refractivity contribution >= 4 is 40.8 Å². The molecular weight excluding hydrogens is 556 g/mol. The quantitative estimate of drug-likeness (QED) is 0.232. The van der Waals surface area contributed by atoms with E-state index in [9.17, 15) is 24.3 Å². The lowest BCUT2D eigenvalue weighted by Gasteiger charge is -2.32. The summed E-state index contributed by atoms with van der Waals surface area (Å²) in [6.45, 7) is 0.598. The number of likely N-dealkylation sites (tertiary alicyclic amines) is 2. The van der Waals surface area contributed by atoms with Gasteiger partial charge in [-0.15, -0.1) is 0 Å². The number of carbonyl (C=O) groups is 4. The molecule has 7 N–H and O–H groups in total. The molecule has 0 aromatic heterocycles. The molecule has 2 heterocycles. The second-order valence-corrected chi connectivity index (χ2v) is 11.2. The average molecular weight is 595 g/mol. The highest BCUT2D eigenvalue weighted by Gasteiger charge is 2.39. The van der Waals surface area contributed by atoms with Gasteiger partial charge in [0.05, 0.1) is 23.6 Å². The van der Waals surface area contributed by atoms with Crippen LogP contribution in [-0.2, 0) is 32.0 Å². The number of phenols is 1. The molecule has 2 fully saturated rings. The molecule has 2 saturated heterocycles. The summed E-state index contributed by atoms with van der Waals surface area (Å²) in [5.41, 5.74) is 13.2. The number of nitrogens with one attached hydrogen (secondary N) is 2. The minimum Gasteiger partial charge on any atom is -0.508 e. The van der Waals surface area contributed by atoms with Crippen LogP contribution >= 0.6 is 12.2 Å². The van der Waals surface area contributed by atoms with E-state index in [0.29, 0.717) is 50.2 Å². The lowest BCUT2D eigenvalue weighted by Crippen LogP contribution is -2.57. The van der Waals surface area contributed by atoms with Crippen LogP contribution in [0.25, 0.3) is 0 Å². The Morgan fingerprint density at radius 1 is 0.881 bits per heavy atom. The van der Waals surface area contributed by atoms with E-state index in [2.05, 4.69) is 10.6 Å². The largest absolute Gasteiger partial charge is 0.508 e. The summed E-state index contributed by atoms with van der Waals surface area (Å²) in [7, 11) is 0. The van der Waals surface area contributed by atoms with E-state index >= 15 is 0 Å². The predicted octanol–water partition coefficient (Wildman–Crippen LogP) is 0.374.